The van der Waals surface area contributed by atoms with Gasteiger partial charge in [0.1, 0.15) is 11.3 Å². The summed E-state index contributed by atoms with van der Waals surface area (Å²) in [6, 6.07) is 13.0. The van der Waals surface area contributed by atoms with Gasteiger partial charge in [-0.1, -0.05) is 54.8 Å². The Balaban J connectivity index is 1.64. The summed E-state index contributed by atoms with van der Waals surface area (Å²) in [4.78, 5) is 25.4. The van der Waals surface area contributed by atoms with Gasteiger partial charge in [0.15, 0.2) is 0 Å². The zero-order chi connectivity index (χ0) is 21.6. The minimum atomic E-state index is -3.00. The number of anilines is 1. The van der Waals surface area contributed by atoms with E-state index in [9.17, 15) is 18.4 Å². The Bertz CT molecular complexity index is 890. The second-order valence-corrected chi connectivity index (χ2v) is 7.47. The van der Waals surface area contributed by atoms with Gasteiger partial charge in [0, 0.05) is 12.2 Å². The van der Waals surface area contributed by atoms with Crippen LogP contribution in [0.3, 0.4) is 0 Å². The van der Waals surface area contributed by atoms with Crippen LogP contribution in [0, 0.1) is 0 Å². The topological polar surface area (TPSA) is 79.5 Å². The number of benzene rings is 2. The summed E-state index contributed by atoms with van der Waals surface area (Å²) >= 11 is 5.95. The lowest BCUT2D eigenvalue weighted by atomic mass is 9.96. The first-order chi connectivity index (χ1) is 14.4. The van der Waals surface area contributed by atoms with Crippen LogP contribution in [0.1, 0.15) is 31.2 Å². The summed E-state index contributed by atoms with van der Waals surface area (Å²) in [6.07, 6.45) is 2.60. The largest absolute Gasteiger partial charge is 0.433 e. The van der Waals surface area contributed by atoms with E-state index in [0.29, 0.717) is 25.1 Å². The van der Waals surface area contributed by atoms with E-state index in [1.807, 2.05) is 30.3 Å². The molecule has 0 radical (unpaired) electrons. The molecule has 2 aromatic carbocycles. The van der Waals surface area contributed by atoms with Gasteiger partial charge in [-0.3, -0.25) is 4.79 Å². The quantitative estimate of drug-likeness (QED) is 0.587. The minimum absolute atomic E-state index is 0.0536. The van der Waals surface area contributed by atoms with Crippen LogP contribution in [0.4, 0.5) is 19.3 Å². The summed E-state index contributed by atoms with van der Waals surface area (Å²) in [5.74, 6) is -0.563. The molecule has 0 heterocycles. The van der Waals surface area contributed by atoms with Crippen LogP contribution < -0.4 is 20.7 Å². The van der Waals surface area contributed by atoms with Crippen molar-refractivity contribution in [3.8, 4) is 5.75 Å². The molecule has 1 saturated carbocycles. The Labute approximate surface area is 177 Å². The van der Waals surface area contributed by atoms with Crippen molar-refractivity contribution in [3.05, 3.63) is 59.1 Å². The maximum absolute atomic E-state index is 13.0. The third kappa shape index (κ3) is 5.60. The van der Waals surface area contributed by atoms with E-state index in [-0.39, 0.29) is 16.7 Å². The maximum Gasteiger partial charge on any atom is 0.387 e. The number of rotatable bonds is 7. The monoisotopic (exact) mass is 437 g/mol. The molecule has 2 aromatic rings. The molecule has 160 valence electrons. The molecule has 0 spiro atoms. The predicted molar refractivity (Wildman–Crippen MR) is 110 cm³/mol. The van der Waals surface area contributed by atoms with Gasteiger partial charge in [0.05, 0.1) is 5.02 Å². The van der Waals surface area contributed by atoms with Gasteiger partial charge in [-0.25, -0.2) is 4.79 Å². The lowest BCUT2D eigenvalue weighted by molar-refractivity contribution is -0.121. The highest BCUT2D eigenvalue weighted by Crippen LogP contribution is 2.33. The van der Waals surface area contributed by atoms with Crippen molar-refractivity contribution in [2.24, 2.45) is 0 Å². The van der Waals surface area contributed by atoms with Gasteiger partial charge in [-0.05, 0) is 36.6 Å². The summed E-state index contributed by atoms with van der Waals surface area (Å²) in [5, 5.41) is 8.24. The fraction of sp³-hybridized carbons (Fsp3) is 0.333. The Hall–Kier alpha value is -2.87. The number of carbonyl (C=O) groups is 2. The Morgan fingerprint density at radius 2 is 1.80 bits per heavy atom. The van der Waals surface area contributed by atoms with E-state index in [2.05, 4.69) is 20.7 Å². The van der Waals surface area contributed by atoms with Crippen molar-refractivity contribution in [1.29, 1.82) is 0 Å². The van der Waals surface area contributed by atoms with Gasteiger partial charge >= 0.3 is 12.6 Å². The molecule has 6 nitrogen and oxygen atoms in total. The Morgan fingerprint density at radius 1 is 1.10 bits per heavy atom. The van der Waals surface area contributed by atoms with Crippen LogP contribution in [0.15, 0.2) is 48.5 Å². The number of hydrogen-bond donors (Lipinski definition) is 3. The number of nitrogens with one attached hydrogen (secondary N) is 3. The van der Waals surface area contributed by atoms with Gasteiger partial charge in [0.25, 0.3) is 0 Å². The lowest BCUT2D eigenvalue weighted by Crippen LogP contribution is -2.57. The molecule has 1 fully saturated rings. The number of urea groups is 1. The molecule has 0 aromatic heterocycles. The first-order valence-electron chi connectivity index (χ1n) is 9.54. The van der Waals surface area contributed by atoms with Crippen LogP contribution in [-0.4, -0.2) is 24.1 Å². The third-order valence-electron chi connectivity index (χ3n) is 4.95. The van der Waals surface area contributed by atoms with E-state index in [4.69, 9.17) is 11.6 Å². The van der Waals surface area contributed by atoms with Crippen molar-refractivity contribution in [3.63, 3.8) is 0 Å². The first-order valence-corrected chi connectivity index (χ1v) is 9.91. The van der Waals surface area contributed by atoms with Crippen molar-refractivity contribution >= 4 is 29.2 Å². The molecule has 0 saturated heterocycles. The molecule has 0 aliphatic heterocycles. The molecule has 0 bridgehead atoms. The average molecular weight is 438 g/mol. The van der Waals surface area contributed by atoms with Crippen LogP contribution in [0.2, 0.25) is 5.02 Å². The summed E-state index contributed by atoms with van der Waals surface area (Å²) < 4.78 is 29.0. The van der Waals surface area contributed by atoms with Crippen molar-refractivity contribution in [2.45, 2.75) is 44.4 Å². The van der Waals surface area contributed by atoms with Gasteiger partial charge in [-0.15, -0.1) is 0 Å². The molecule has 0 atom stereocenters. The van der Waals surface area contributed by atoms with E-state index < -0.39 is 18.2 Å². The number of amides is 3. The molecule has 3 amide bonds. The molecule has 3 rings (SSSR count). The highest BCUT2D eigenvalue weighted by molar-refractivity contribution is 6.32. The standard InChI is InChI=1S/C21H22ClF2N3O3/c22-16-12-15(8-9-17(16)30-19(23)24)26-18(28)21(10-4-5-11-21)27-20(29)25-13-14-6-2-1-3-7-14/h1-3,6-9,12,19H,4-5,10-11,13H2,(H,26,28)(H2,25,27,29). The summed E-state index contributed by atoms with van der Waals surface area (Å²) in [6.45, 7) is -2.66. The second kappa shape index (κ2) is 9.75. The highest BCUT2D eigenvalue weighted by atomic mass is 35.5. The lowest BCUT2D eigenvalue weighted by Gasteiger charge is -2.29. The molecular weight excluding hydrogens is 416 g/mol. The number of ether oxygens (including phenoxy) is 1. The summed E-state index contributed by atoms with van der Waals surface area (Å²) in [7, 11) is 0. The zero-order valence-corrected chi connectivity index (χ0v) is 16.8. The van der Waals surface area contributed by atoms with E-state index in [1.165, 1.54) is 18.2 Å². The summed E-state index contributed by atoms with van der Waals surface area (Å²) in [5.41, 5.74) is 0.216. The SMILES string of the molecule is O=C(NCc1ccccc1)NC1(C(=O)Nc2ccc(OC(F)F)c(Cl)c2)CCCC1. The van der Waals surface area contributed by atoms with Crippen molar-refractivity contribution in [1.82, 2.24) is 10.6 Å². The van der Waals surface area contributed by atoms with Crippen molar-refractivity contribution < 1.29 is 23.1 Å². The third-order valence-corrected chi connectivity index (χ3v) is 5.24. The molecule has 1 aliphatic carbocycles. The molecule has 3 N–H and O–H groups in total. The number of hydrogen-bond acceptors (Lipinski definition) is 3. The Kier molecular flexibility index (Phi) is 7.10. The van der Waals surface area contributed by atoms with Gasteiger partial charge in [-0.2, -0.15) is 8.78 Å². The van der Waals surface area contributed by atoms with Crippen LogP contribution in [0.25, 0.3) is 0 Å². The van der Waals surface area contributed by atoms with Crippen LogP contribution in [-0.2, 0) is 11.3 Å². The second-order valence-electron chi connectivity index (χ2n) is 7.06. The molecule has 0 unspecified atom stereocenters. The van der Waals surface area contributed by atoms with Gasteiger partial charge in [0.2, 0.25) is 5.91 Å². The Morgan fingerprint density at radius 3 is 2.43 bits per heavy atom. The number of halogens is 3. The minimum Gasteiger partial charge on any atom is -0.433 e. The molecule has 9 heteroatoms. The molecule has 1 aliphatic rings. The van der Waals surface area contributed by atoms with Gasteiger partial charge < -0.3 is 20.7 Å². The van der Waals surface area contributed by atoms with Crippen LogP contribution in [0.5, 0.6) is 5.75 Å². The van der Waals surface area contributed by atoms with Crippen LogP contribution >= 0.6 is 11.6 Å². The fourth-order valence-corrected chi connectivity index (χ4v) is 3.67. The normalized spacial score (nSPS) is 14.9. The number of carbonyl (C=O) groups excluding carboxylic acids is 2. The molecular formula is C21H22ClF2N3O3. The fourth-order valence-electron chi connectivity index (χ4n) is 3.45. The smallest absolute Gasteiger partial charge is 0.387 e. The van der Waals surface area contributed by atoms with E-state index >= 15 is 0 Å². The highest BCUT2D eigenvalue weighted by Gasteiger charge is 2.42. The van der Waals surface area contributed by atoms with Crippen molar-refractivity contribution in [2.75, 3.05) is 5.32 Å². The van der Waals surface area contributed by atoms with E-state index in [1.54, 1.807) is 0 Å². The maximum atomic E-state index is 13.0. The first kappa shape index (κ1) is 21.8. The molecule has 30 heavy (non-hydrogen) atoms. The zero-order valence-electron chi connectivity index (χ0n) is 16.1. The predicted octanol–water partition coefficient (Wildman–Crippen LogP) is 4.69. The van der Waals surface area contributed by atoms with E-state index in [0.717, 1.165) is 18.4 Å². The number of alkyl halides is 2. The average Bonchev–Trinajstić information content (AvgIpc) is 3.19.